The molecule has 2 N–H and O–H groups in total. The standard InChI is InChI=1S/C11H19N3O/c1-4-6-8(3)11(15)12-10-7-9(5-2)13-14-10/h7-8H,4-6H2,1-3H3,(H2,12,13,14,15). The van der Waals surface area contributed by atoms with Crippen LogP contribution in [0.25, 0.3) is 0 Å². The van der Waals surface area contributed by atoms with Crippen molar-refractivity contribution in [3.63, 3.8) is 0 Å². The van der Waals surface area contributed by atoms with Crippen LogP contribution >= 0.6 is 0 Å². The second kappa shape index (κ2) is 5.53. The average molecular weight is 209 g/mol. The number of anilines is 1. The summed E-state index contributed by atoms with van der Waals surface area (Å²) in [7, 11) is 0. The number of nitrogens with one attached hydrogen (secondary N) is 2. The van der Waals surface area contributed by atoms with Gasteiger partial charge in [0, 0.05) is 17.7 Å². The third kappa shape index (κ3) is 3.38. The Kier molecular flexibility index (Phi) is 4.34. The first-order valence-corrected chi connectivity index (χ1v) is 5.52. The van der Waals surface area contributed by atoms with Gasteiger partial charge in [-0.2, -0.15) is 5.10 Å². The lowest BCUT2D eigenvalue weighted by Gasteiger charge is -2.08. The van der Waals surface area contributed by atoms with Crippen molar-refractivity contribution in [1.29, 1.82) is 0 Å². The van der Waals surface area contributed by atoms with Crippen LogP contribution < -0.4 is 5.32 Å². The highest BCUT2D eigenvalue weighted by Crippen LogP contribution is 2.10. The van der Waals surface area contributed by atoms with E-state index in [4.69, 9.17) is 0 Å². The van der Waals surface area contributed by atoms with Crippen molar-refractivity contribution in [2.24, 2.45) is 5.92 Å². The molecule has 0 aliphatic rings. The Morgan fingerprint density at radius 3 is 2.87 bits per heavy atom. The molecular formula is C11H19N3O. The van der Waals surface area contributed by atoms with Crippen LogP contribution in [0, 0.1) is 5.92 Å². The molecule has 0 spiro atoms. The van der Waals surface area contributed by atoms with E-state index < -0.39 is 0 Å². The number of hydrogen-bond acceptors (Lipinski definition) is 2. The summed E-state index contributed by atoms with van der Waals surface area (Å²) in [5, 5.41) is 9.68. The lowest BCUT2D eigenvalue weighted by molar-refractivity contribution is -0.119. The molecule has 1 amide bonds. The van der Waals surface area contributed by atoms with Crippen LogP contribution in [0.1, 0.15) is 39.3 Å². The van der Waals surface area contributed by atoms with Gasteiger partial charge in [0.2, 0.25) is 5.91 Å². The quantitative estimate of drug-likeness (QED) is 0.782. The van der Waals surface area contributed by atoms with Gasteiger partial charge >= 0.3 is 0 Å². The molecule has 4 nitrogen and oxygen atoms in total. The van der Waals surface area contributed by atoms with Crippen LogP contribution in [-0.2, 0) is 11.2 Å². The fraction of sp³-hybridized carbons (Fsp3) is 0.636. The Bertz CT molecular complexity index is 319. The predicted octanol–water partition coefficient (Wildman–Crippen LogP) is 2.35. The van der Waals surface area contributed by atoms with Gasteiger partial charge in [-0.15, -0.1) is 0 Å². The summed E-state index contributed by atoms with van der Waals surface area (Å²) in [6, 6.07) is 1.87. The normalized spacial score (nSPS) is 12.5. The van der Waals surface area contributed by atoms with Crippen LogP contribution in [0.2, 0.25) is 0 Å². The smallest absolute Gasteiger partial charge is 0.228 e. The molecule has 4 heteroatoms. The molecule has 1 rings (SSSR count). The molecule has 1 atom stereocenters. The maximum absolute atomic E-state index is 11.6. The molecule has 0 saturated carbocycles. The van der Waals surface area contributed by atoms with Gasteiger partial charge in [-0.1, -0.05) is 27.2 Å². The fourth-order valence-electron chi connectivity index (χ4n) is 1.42. The minimum Gasteiger partial charge on any atom is -0.309 e. The number of aromatic nitrogens is 2. The zero-order chi connectivity index (χ0) is 11.3. The highest BCUT2D eigenvalue weighted by Gasteiger charge is 2.12. The Hall–Kier alpha value is -1.32. The predicted molar refractivity (Wildman–Crippen MR) is 60.7 cm³/mol. The van der Waals surface area contributed by atoms with Gasteiger partial charge in [-0.05, 0) is 12.8 Å². The highest BCUT2D eigenvalue weighted by atomic mass is 16.1. The van der Waals surface area contributed by atoms with Gasteiger partial charge in [0.05, 0.1) is 0 Å². The summed E-state index contributed by atoms with van der Waals surface area (Å²) >= 11 is 0. The van der Waals surface area contributed by atoms with Crippen LogP contribution in [0.4, 0.5) is 5.82 Å². The second-order valence-electron chi connectivity index (χ2n) is 3.81. The molecule has 84 valence electrons. The summed E-state index contributed by atoms with van der Waals surface area (Å²) in [5.41, 5.74) is 1.04. The van der Waals surface area contributed by atoms with Gasteiger partial charge in [0.25, 0.3) is 0 Å². The zero-order valence-corrected chi connectivity index (χ0v) is 9.63. The third-order valence-corrected chi connectivity index (χ3v) is 2.43. The Balaban J connectivity index is 2.50. The van der Waals surface area contributed by atoms with E-state index in [9.17, 15) is 4.79 Å². The first-order chi connectivity index (χ1) is 7.17. The van der Waals surface area contributed by atoms with Gasteiger partial charge in [-0.25, -0.2) is 0 Å². The number of aryl methyl sites for hydroxylation is 1. The van der Waals surface area contributed by atoms with Crippen molar-refractivity contribution in [2.75, 3.05) is 5.32 Å². The van der Waals surface area contributed by atoms with Crippen molar-refractivity contribution in [3.05, 3.63) is 11.8 Å². The molecule has 0 saturated heterocycles. The van der Waals surface area contributed by atoms with E-state index in [-0.39, 0.29) is 11.8 Å². The largest absolute Gasteiger partial charge is 0.309 e. The van der Waals surface area contributed by atoms with E-state index in [1.165, 1.54) is 0 Å². The molecule has 1 aromatic heterocycles. The SMILES string of the molecule is CCCC(C)C(=O)Nc1cc(CC)[nH]n1. The maximum Gasteiger partial charge on any atom is 0.228 e. The molecule has 0 fully saturated rings. The first-order valence-electron chi connectivity index (χ1n) is 5.52. The van der Waals surface area contributed by atoms with Crippen LogP contribution in [0.3, 0.4) is 0 Å². The number of H-pyrrole nitrogens is 1. The van der Waals surface area contributed by atoms with E-state index >= 15 is 0 Å². The Labute approximate surface area is 90.5 Å². The number of amides is 1. The van der Waals surface area contributed by atoms with Crippen LogP contribution in [0.15, 0.2) is 6.07 Å². The summed E-state index contributed by atoms with van der Waals surface area (Å²) in [6.07, 6.45) is 2.83. The Morgan fingerprint density at radius 1 is 1.60 bits per heavy atom. The topological polar surface area (TPSA) is 57.8 Å². The average Bonchev–Trinajstić information content (AvgIpc) is 2.66. The minimum atomic E-state index is 0.0472. The van der Waals surface area contributed by atoms with E-state index in [1.54, 1.807) is 0 Å². The number of carbonyl (C=O) groups excluding carboxylic acids is 1. The lowest BCUT2D eigenvalue weighted by atomic mass is 10.1. The van der Waals surface area contributed by atoms with Crippen LogP contribution in [0.5, 0.6) is 0 Å². The molecule has 0 radical (unpaired) electrons. The molecule has 1 aromatic rings. The van der Waals surface area contributed by atoms with Crippen molar-refractivity contribution >= 4 is 11.7 Å². The highest BCUT2D eigenvalue weighted by molar-refractivity contribution is 5.91. The molecule has 0 bridgehead atoms. The van der Waals surface area contributed by atoms with E-state index in [2.05, 4.69) is 22.4 Å². The van der Waals surface area contributed by atoms with Gasteiger partial charge in [0.15, 0.2) is 5.82 Å². The number of nitrogens with zero attached hydrogens (tertiary/aromatic N) is 1. The number of rotatable bonds is 5. The third-order valence-electron chi connectivity index (χ3n) is 2.43. The summed E-state index contributed by atoms with van der Waals surface area (Å²) < 4.78 is 0. The van der Waals surface area contributed by atoms with Crippen molar-refractivity contribution in [2.45, 2.75) is 40.0 Å². The summed E-state index contributed by atoms with van der Waals surface area (Å²) in [5.74, 6) is 0.725. The maximum atomic E-state index is 11.6. The van der Waals surface area contributed by atoms with E-state index in [1.807, 2.05) is 19.9 Å². The molecule has 0 aliphatic heterocycles. The molecule has 1 heterocycles. The van der Waals surface area contributed by atoms with E-state index in [0.29, 0.717) is 5.82 Å². The summed E-state index contributed by atoms with van der Waals surface area (Å²) in [6.45, 7) is 6.05. The fourth-order valence-corrected chi connectivity index (χ4v) is 1.42. The van der Waals surface area contributed by atoms with Crippen LogP contribution in [-0.4, -0.2) is 16.1 Å². The monoisotopic (exact) mass is 209 g/mol. The molecule has 1 unspecified atom stereocenters. The number of aromatic amines is 1. The van der Waals surface area contributed by atoms with Crippen molar-refractivity contribution in [1.82, 2.24) is 10.2 Å². The zero-order valence-electron chi connectivity index (χ0n) is 9.63. The lowest BCUT2D eigenvalue weighted by Crippen LogP contribution is -2.20. The molecular weight excluding hydrogens is 190 g/mol. The second-order valence-corrected chi connectivity index (χ2v) is 3.81. The number of carbonyl (C=O) groups is 1. The molecule has 0 aliphatic carbocycles. The van der Waals surface area contributed by atoms with Gasteiger partial charge in [-0.3, -0.25) is 9.89 Å². The van der Waals surface area contributed by atoms with Gasteiger partial charge in [0.1, 0.15) is 0 Å². The van der Waals surface area contributed by atoms with Crippen molar-refractivity contribution < 1.29 is 4.79 Å². The van der Waals surface area contributed by atoms with Crippen molar-refractivity contribution in [3.8, 4) is 0 Å². The first kappa shape index (κ1) is 11.8. The number of hydrogen-bond donors (Lipinski definition) is 2. The molecule has 0 aromatic carbocycles. The van der Waals surface area contributed by atoms with E-state index in [0.717, 1.165) is 25.0 Å². The Morgan fingerprint density at radius 2 is 2.33 bits per heavy atom. The minimum absolute atomic E-state index is 0.0472. The molecule has 15 heavy (non-hydrogen) atoms. The summed E-state index contributed by atoms with van der Waals surface area (Å²) in [4.78, 5) is 11.6. The van der Waals surface area contributed by atoms with Gasteiger partial charge < -0.3 is 5.32 Å².